The molecule has 7 heteroatoms. The lowest BCUT2D eigenvalue weighted by molar-refractivity contribution is -0.137. The molecule has 2 aromatic rings. The van der Waals surface area contributed by atoms with E-state index in [1.165, 1.54) is 12.1 Å². The minimum Gasteiger partial charge on any atom is -0.377 e. The van der Waals surface area contributed by atoms with E-state index in [4.69, 9.17) is 5.26 Å². The molecule has 1 atom stereocenters. The predicted octanol–water partition coefficient (Wildman–Crippen LogP) is 3.48. The van der Waals surface area contributed by atoms with E-state index in [0.717, 1.165) is 11.8 Å². The third-order valence-electron chi connectivity index (χ3n) is 3.13. The molecule has 0 amide bonds. The highest BCUT2D eigenvalue weighted by atomic mass is 19.4. The van der Waals surface area contributed by atoms with E-state index in [1.54, 1.807) is 30.1 Å². The Morgan fingerprint density at radius 3 is 2.57 bits per heavy atom. The summed E-state index contributed by atoms with van der Waals surface area (Å²) in [5.41, 5.74) is -0.184. The molecule has 0 saturated carbocycles. The van der Waals surface area contributed by atoms with Gasteiger partial charge in [-0.25, -0.2) is 0 Å². The van der Waals surface area contributed by atoms with Crippen molar-refractivity contribution in [3.8, 4) is 6.07 Å². The Bertz CT molecular complexity index is 682. The molecule has 0 radical (unpaired) electrons. The number of nitriles is 1. The third-order valence-corrected chi connectivity index (χ3v) is 3.13. The third kappa shape index (κ3) is 3.16. The first-order valence-electron chi connectivity index (χ1n) is 6.18. The minimum absolute atomic E-state index is 0.216. The maximum absolute atomic E-state index is 12.9. The largest absolute Gasteiger partial charge is 0.417 e. The van der Waals surface area contributed by atoms with Crippen LogP contribution in [0.4, 0.5) is 18.9 Å². The number of aryl methyl sites for hydroxylation is 1. The van der Waals surface area contributed by atoms with Gasteiger partial charge in [-0.2, -0.15) is 23.5 Å². The molecule has 0 aliphatic carbocycles. The van der Waals surface area contributed by atoms with E-state index >= 15 is 0 Å². The number of anilines is 1. The summed E-state index contributed by atoms with van der Waals surface area (Å²) in [7, 11) is 1.76. The van der Waals surface area contributed by atoms with Gasteiger partial charge < -0.3 is 5.32 Å². The highest BCUT2D eigenvalue weighted by Gasteiger charge is 2.33. The lowest BCUT2D eigenvalue weighted by atomic mass is 10.1. The number of alkyl halides is 3. The van der Waals surface area contributed by atoms with Crippen molar-refractivity contribution in [3.63, 3.8) is 0 Å². The number of nitrogens with one attached hydrogen (secondary N) is 1. The number of halogens is 3. The quantitative estimate of drug-likeness (QED) is 0.942. The van der Waals surface area contributed by atoms with Crippen molar-refractivity contribution < 1.29 is 13.2 Å². The van der Waals surface area contributed by atoms with Crippen LogP contribution < -0.4 is 5.32 Å². The Morgan fingerprint density at radius 2 is 2.05 bits per heavy atom. The lowest BCUT2D eigenvalue weighted by Crippen LogP contribution is -2.13. The second kappa shape index (κ2) is 5.48. The normalized spacial score (nSPS) is 12.8. The molecule has 1 heterocycles. The summed E-state index contributed by atoms with van der Waals surface area (Å²) in [5.74, 6) is 0. The van der Waals surface area contributed by atoms with Gasteiger partial charge in [0.2, 0.25) is 0 Å². The van der Waals surface area contributed by atoms with Crippen molar-refractivity contribution in [1.82, 2.24) is 9.78 Å². The first-order chi connectivity index (χ1) is 9.82. The molecule has 4 nitrogen and oxygen atoms in total. The molecule has 1 aromatic heterocycles. The Morgan fingerprint density at radius 1 is 1.33 bits per heavy atom. The molecule has 0 spiro atoms. The minimum atomic E-state index is -4.56. The molecule has 0 saturated heterocycles. The summed E-state index contributed by atoms with van der Waals surface area (Å²) < 4.78 is 40.3. The molecule has 0 aliphatic heterocycles. The summed E-state index contributed by atoms with van der Waals surface area (Å²) in [4.78, 5) is 0. The van der Waals surface area contributed by atoms with Gasteiger partial charge in [-0.3, -0.25) is 4.68 Å². The van der Waals surface area contributed by atoms with Gasteiger partial charge >= 0.3 is 6.18 Å². The van der Waals surface area contributed by atoms with Crippen LogP contribution in [0.25, 0.3) is 0 Å². The van der Waals surface area contributed by atoms with Crippen molar-refractivity contribution >= 4 is 5.69 Å². The van der Waals surface area contributed by atoms with Crippen molar-refractivity contribution in [2.24, 2.45) is 7.05 Å². The van der Waals surface area contributed by atoms with Gasteiger partial charge in [-0.05, 0) is 31.2 Å². The topological polar surface area (TPSA) is 53.6 Å². The molecule has 0 bridgehead atoms. The zero-order valence-electron chi connectivity index (χ0n) is 11.4. The Balaban J connectivity index is 2.30. The van der Waals surface area contributed by atoms with Crippen LogP contribution in [0.5, 0.6) is 0 Å². The molecule has 0 fully saturated rings. The van der Waals surface area contributed by atoms with Crippen LogP contribution >= 0.6 is 0 Å². The molecule has 21 heavy (non-hydrogen) atoms. The number of hydrogen-bond acceptors (Lipinski definition) is 3. The fourth-order valence-electron chi connectivity index (χ4n) is 2.10. The monoisotopic (exact) mass is 294 g/mol. The predicted molar refractivity (Wildman–Crippen MR) is 71.4 cm³/mol. The SMILES string of the molecule is CC(Nc1ccc(C#N)c(C(F)(F)F)c1)c1ccnn1C. The fourth-order valence-corrected chi connectivity index (χ4v) is 2.10. The van der Waals surface area contributed by atoms with Gasteiger partial charge in [0, 0.05) is 18.9 Å². The number of hydrogen-bond donors (Lipinski definition) is 1. The average Bonchev–Trinajstić information content (AvgIpc) is 2.84. The van der Waals surface area contributed by atoms with Gasteiger partial charge in [0.05, 0.1) is 28.9 Å². The van der Waals surface area contributed by atoms with Gasteiger partial charge in [0.1, 0.15) is 0 Å². The van der Waals surface area contributed by atoms with Crippen molar-refractivity contribution in [1.29, 1.82) is 5.26 Å². The van der Waals surface area contributed by atoms with Crippen LogP contribution in [-0.4, -0.2) is 9.78 Å². The van der Waals surface area contributed by atoms with Crippen LogP contribution in [-0.2, 0) is 13.2 Å². The van der Waals surface area contributed by atoms with Crippen molar-refractivity contribution in [2.75, 3.05) is 5.32 Å². The van der Waals surface area contributed by atoms with E-state index in [1.807, 2.05) is 6.92 Å². The standard InChI is InChI=1S/C14H13F3N4/c1-9(13-5-6-19-21(13)2)20-11-4-3-10(8-18)12(7-11)14(15,16)17/h3-7,9,20H,1-2H3. The highest BCUT2D eigenvalue weighted by molar-refractivity contribution is 5.53. The summed E-state index contributed by atoms with van der Waals surface area (Å²) in [5, 5.41) is 15.8. The molecule has 1 unspecified atom stereocenters. The van der Waals surface area contributed by atoms with Crippen LogP contribution in [0, 0.1) is 11.3 Å². The van der Waals surface area contributed by atoms with Crippen LogP contribution in [0.15, 0.2) is 30.5 Å². The number of nitrogens with zero attached hydrogens (tertiary/aromatic N) is 3. The number of aromatic nitrogens is 2. The molecule has 0 aliphatic rings. The summed E-state index contributed by atoms with van der Waals surface area (Å²) in [6.45, 7) is 1.82. The second-order valence-corrected chi connectivity index (χ2v) is 4.62. The molecule has 1 N–H and O–H groups in total. The molecular formula is C14H13F3N4. The highest BCUT2D eigenvalue weighted by Crippen LogP contribution is 2.34. The van der Waals surface area contributed by atoms with E-state index in [0.29, 0.717) is 5.69 Å². The molecule has 1 aromatic carbocycles. The fraction of sp³-hybridized carbons (Fsp3) is 0.286. The molecule has 2 rings (SSSR count). The summed E-state index contributed by atoms with van der Waals surface area (Å²) >= 11 is 0. The van der Waals surface area contributed by atoms with Gasteiger partial charge in [0.25, 0.3) is 0 Å². The summed E-state index contributed by atoms with van der Waals surface area (Å²) in [6, 6.07) is 6.70. The first-order valence-corrected chi connectivity index (χ1v) is 6.18. The van der Waals surface area contributed by atoms with E-state index in [9.17, 15) is 13.2 Å². The maximum atomic E-state index is 12.9. The number of rotatable bonds is 3. The van der Waals surface area contributed by atoms with Crippen LogP contribution in [0.1, 0.15) is 29.8 Å². The van der Waals surface area contributed by atoms with Crippen LogP contribution in [0.2, 0.25) is 0 Å². The zero-order chi connectivity index (χ0) is 15.6. The number of benzene rings is 1. The smallest absolute Gasteiger partial charge is 0.377 e. The Labute approximate surface area is 119 Å². The summed E-state index contributed by atoms with van der Waals surface area (Å²) in [6.07, 6.45) is -2.94. The van der Waals surface area contributed by atoms with Crippen LogP contribution in [0.3, 0.4) is 0 Å². The average molecular weight is 294 g/mol. The van der Waals surface area contributed by atoms with Gasteiger partial charge in [0.15, 0.2) is 0 Å². The zero-order valence-corrected chi connectivity index (χ0v) is 11.4. The van der Waals surface area contributed by atoms with Crippen molar-refractivity contribution in [2.45, 2.75) is 19.1 Å². The Kier molecular flexibility index (Phi) is 3.89. The van der Waals surface area contributed by atoms with Gasteiger partial charge in [-0.15, -0.1) is 0 Å². The lowest BCUT2D eigenvalue weighted by Gasteiger charge is -2.17. The van der Waals surface area contributed by atoms with E-state index in [-0.39, 0.29) is 11.6 Å². The van der Waals surface area contributed by atoms with E-state index < -0.39 is 11.7 Å². The van der Waals surface area contributed by atoms with Crippen molar-refractivity contribution in [3.05, 3.63) is 47.3 Å². The van der Waals surface area contributed by atoms with E-state index in [2.05, 4.69) is 10.4 Å². The Hall–Kier alpha value is -2.49. The molecular weight excluding hydrogens is 281 g/mol. The maximum Gasteiger partial charge on any atom is 0.417 e. The second-order valence-electron chi connectivity index (χ2n) is 4.62. The first kappa shape index (κ1) is 14.9. The van der Waals surface area contributed by atoms with Gasteiger partial charge in [-0.1, -0.05) is 0 Å². The molecule has 110 valence electrons.